The number of imidazole rings is 1. The molecule has 25 heavy (non-hydrogen) atoms. The Labute approximate surface area is 142 Å². The Kier molecular flexibility index (Phi) is 2.86. The van der Waals surface area contributed by atoms with Crippen molar-refractivity contribution in [2.75, 3.05) is 18.0 Å². The van der Waals surface area contributed by atoms with Gasteiger partial charge in [0.2, 0.25) is 5.95 Å². The third-order valence-corrected chi connectivity index (χ3v) is 4.44. The highest BCUT2D eigenvalue weighted by atomic mass is 16.3. The van der Waals surface area contributed by atoms with Crippen LogP contribution >= 0.6 is 0 Å². The van der Waals surface area contributed by atoms with E-state index in [1.165, 1.54) is 0 Å². The quantitative estimate of drug-likeness (QED) is 0.566. The zero-order chi connectivity index (χ0) is 16.9. The molecule has 9 nitrogen and oxygen atoms in total. The van der Waals surface area contributed by atoms with Crippen LogP contribution in [0.15, 0.2) is 49.4 Å². The van der Waals surface area contributed by atoms with Crippen LogP contribution in [0.25, 0.3) is 16.9 Å². The standard InChI is InChI=1S/C16H14N8O/c25-16(11-5-20-21-6-11)8-23(9-16)15-18-7-13-14(22-15)24(10-19-13)12-1-3-17-4-2-12/h1-7,10,25H,8-9H2,(H,20,21). The highest BCUT2D eigenvalue weighted by molar-refractivity contribution is 5.73. The largest absolute Gasteiger partial charge is 0.381 e. The summed E-state index contributed by atoms with van der Waals surface area (Å²) in [6.07, 6.45) is 10.2. The van der Waals surface area contributed by atoms with Crippen LogP contribution in [0.2, 0.25) is 0 Å². The Morgan fingerprint density at radius 1 is 1.12 bits per heavy atom. The minimum atomic E-state index is -0.920. The van der Waals surface area contributed by atoms with E-state index in [1.54, 1.807) is 37.3 Å². The van der Waals surface area contributed by atoms with E-state index < -0.39 is 5.60 Å². The van der Waals surface area contributed by atoms with Crippen molar-refractivity contribution < 1.29 is 5.11 Å². The molecular formula is C16H14N8O. The fourth-order valence-corrected chi connectivity index (χ4v) is 3.06. The van der Waals surface area contributed by atoms with Gasteiger partial charge in [0.1, 0.15) is 17.4 Å². The van der Waals surface area contributed by atoms with E-state index in [2.05, 4.69) is 30.1 Å². The third kappa shape index (κ3) is 2.17. The van der Waals surface area contributed by atoms with Gasteiger partial charge in [-0.2, -0.15) is 10.1 Å². The average molecular weight is 334 g/mol. The SMILES string of the molecule is OC1(c2cn[nH]c2)CN(c2ncc3ncn(-c4ccncc4)c3n2)C1. The first-order valence-corrected chi connectivity index (χ1v) is 7.80. The fourth-order valence-electron chi connectivity index (χ4n) is 3.06. The number of H-pyrrole nitrogens is 1. The summed E-state index contributed by atoms with van der Waals surface area (Å²) in [6.45, 7) is 0.836. The lowest BCUT2D eigenvalue weighted by atomic mass is 9.89. The second-order valence-corrected chi connectivity index (χ2v) is 6.07. The maximum Gasteiger partial charge on any atom is 0.227 e. The molecule has 0 saturated carbocycles. The summed E-state index contributed by atoms with van der Waals surface area (Å²) in [5, 5.41) is 17.3. The van der Waals surface area contributed by atoms with Gasteiger partial charge in [0, 0.05) is 24.2 Å². The van der Waals surface area contributed by atoms with E-state index in [-0.39, 0.29) is 0 Å². The van der Waals surface area contributed by atoms with Gasteiger partial charge in [-0.3, -0.25) is 14.6 Å². The normalized spacial score (nSPS) is 16.1. The minimum Gasteiger partial charge on any atom is -0.381 e. The van der Waals surface area contributed by atoms with Crippen molar-refractivity contribution in [1.82, 2.24) is 34.7 Å². The Morgan fingerprint density at radius 2 is 1.96 bits per heavy atom. The number of nitrogens with one attached hydrogen (secondary N) is 1. The molecule has 5 heterocycles. The molecule has 5 rings (SSSR count). The number of hydrogen-bond acceptors (Lipinski definition) is 7. The zero-order valence-electron chi connectivity index (χ0n) is 13.1. The van der Waals surface area contributed by atoms with Gasteiger partial charge >= 0.3 is 0 Å². The average Bonchev–Trinajstić information content (AvgIpc) is 3.29. The Balaban J connectivity index is 1.48. The van der Waals surface area contributed by atoms with Crippen LogP contribution in [-0.4, -0.2) is 52.9 Å². The number of pyridine rings is 1. The molecule has 2 N–H and O–H groups in total. The van der Waals surface area contributed by atoms with Crippen LogP contribution in [0.5, 0.6) is 0 Å². The number of hydrogen-bond donors (Lipinski definition) is 2. The first-order chi connectivity index (χ1) is 12.2. The predicted octanol–water partition coefficient (Wildman–Crippen LogP) is 0.641. The Bertz CT molecular complexity index is 1020. The molecule has 9 heteroatoms. The molecule has 0 aliphatic carbocycles. The molecule has 1 aliphatic rings. The van der Waals surface area contributed by atoms with E-state index >= 15 is 0 Å². The Morgan fingerprint density at radius 3 is 2.72 bits per heavy atom. The molecule has 1 aliphatic heterocycles. The number of nitrogens with zero attached hydrogens (tertiary/aromatic N) is 7. The smallest absolute Gasteiger partial charge is 0.227 e. The summed E-state index contributed by atoms with van der Waals surface area (Å²) in [7, 11) is 0. The maximum atomic E-state index is 10.6. The molecule has 0 bridgehead atoms. The number of aromatic amines is 1. The summed E-state index contributed by atoms with van der Waals surface area (Å²) in [5.74, 6) is 0.566. The minimum absolute atomic E-state index is 0.418. The molecule has 124 valence electrons. The van der Waals surface area contributed by atoms with Gasteiger partial charge in [0.05, 0.1) is 31.2 Å². The second kappa shape index (κ2) is 5.08. The zero-order valence-corrected chi connectivity index (χ0v) is 13.1. The third-order valence-electron chi connectivity index (χ3n) is 4.44. The van der Waals surface area contributed by atoms with Crippen molar-refractivity contribution >= 4 is 17.1 Å². The van der Waals surface area contributed by atoms with Crippen molar-refractivity contribution in [2.45, 2.75) is 5.60 Å². The summed E-state index contributed by atoms with van der Waals surface area (Å²) in [4.78, 5) is 19.3. The van der Waals surface area contributed by atoms with Crippen LogP contribution in [-0.2, 0) is 5.60 Å². The van der Waals surface area contributed by atoms with Gasteiger partial charge in [0.15, 0.2) is 5.65 Å². The molecule has 4 aromatic heterocycles. The molecular weight excluding hydrogens is 320 g/mol. The summed E-state index contributed by atoms with van der Waals surface area (Å²) < 4.78 is 1.89. The highest BCUT2D eigenvalue weighted by Gasteiger charge is 2.44. The van der Waals surface area contributed by atoms with E-state index in [1.807, 2.05) is 21.6 Å². The number of fused-ring (bicyclic) bond motifs is 1. The van der Waals surface area contributed by atoms with Crippen LogP contribution in [0.4, 0.5) is 5.95 Å². The van der Waals surface area contributed by atoms with Crippen molar-refractivity contribution in [2.24, 2.45) is 0 Å². The van der Waals surface area contributed by atoms with E-state index in [9.17, 15) is 5.11 Å². The number of aromatic nitrogens is 7. The van der Waals surface area contributed by atoms with Gasteiger partial charge in [-0.1, -0.05) is 0 Å². The molecule has 0 amide bonds. The summed E-state index contributed by atoms with van der Waals surface area (Å²) in [6, 6.07) is 3.79. The molecule has 0 aromatic carbocycles. The number of aliphatic hydroxyl groups is 1. The lowest BCUT2D eigenvalue weighted by Crippen LogP contribution is -2.60. The molecule has 0 spiro atoms. The van der Waals surface area contributed by atoms with Gasteiger partial charge in [0.25, 0.3) is 0 Å². The Hall–Kier alpha value is -3.33. The van der Waals surface area contributed by atoms with Crippen LogP contribution in [0.3, 0.4) is 0 Å². The highest BCUT2D eigenvalue weighted by Crippen LogP contribution is 2.33. The van der Waals surface area contributed by atoms with Crippen molar-refractivity contribution in [3.8, 4) is 5.69 Å². The van der Waals surface area contributed by atoms with Crippen LogP contribution < -0.4 is 4.90 Å². The number of rotatable bonds is 3. The molecule has 1 saturated heterocycles. The first-order valence-electron chi connectivity index (χ1n) is 7.80. The molecule has 1 fully saturated rings. The first kappa shape index (κ1) is 14.1. The predicted molar refractivity (Wildman–Crippen MR) is 89.2 cm³/mol. The van der Waals surface area contributed by atoms with E-state index in [0.717, 1.165) is 16.9 Å². The van der Waals surface area contributed by atoms with Crippen molar-refractivity contribution in [3.63, 3.8) is 0 Å². The van der Waals surface area contributed by atoms with Gasteiger partial charge in [-0.15, -0.1) is 0 Å². The fraction of sp³-hybridized carbons (Fsp3) is 0.188. The molecule has 0 radical (unpaired) electrons. The van der Waals surface area contributed by atoms with E-state index in [4.69, 9.17) is 0 Å². The van der Waals surface area contributed by atoms with Gasteiger partial charge in [-0.05, 0) is 12.1 Å². The lowest BCUT2D eigenvalue weighted by molar-refractivity contribution is 0.00660. The monoisotopic (exact) mass is 334 g/mol. The molecule has 0 unspecified atom stereocenters. The lowest BCUT2D eigenvalue weighted by Gasteiger charge is -2.45. The van der Waals surface area contributed by atoms with Gasteiger partial charge in [-0.25, -0.2) is 9.97 Å². The number of β-amino-alcohol motifs (C(OH)–C–C–N with tert-alkyl or cyclic N) is 1. The summed E-state index contributed by atoms with van der Waals surface area (Å²) in [5.41, 5.74) is 2.21. The van der Waals surface area contributed by atoms with Crippen molar-refractivity contribution in [3.05, 3.63) is 55.0 Å². The van der Waals surface area contributed by atoms with Crippen molar-refractivity contribution in [1.29, 1.82) is 0 Å². The summed E-state index contributed by atoms with van der Waals surface area (Å²) >= 11 is 0. The second-order valence-electron chi connectivity index (χ2n) is 6.07. The van der Waals surface area contributed by atoms with Crippen LogP contribution in [0.1, 0.15) is 5.56 Å². The number of anilines is 1. The van der Waals surface area contributed by atoms with Crippen LogP contribution in [0, 0.1) is 0 Å². The van der Waals surface area contributed by atoms with Gasteiger partial charge < -0.3 is 10.0 Å². The topological polar surface area (TPSA) is 109 Å². The molecule has 0 atom stereocenters. The maximum absolute atomic E-state index is 10.6. The molecule has 4 aromatic rings. The van der Waals surface area contributed by atoms with E-state index in [0.29, 0.717) is 24.6 Å².